The average molecular weight is 244 g/mol. The number of anilines is 1. The second-order valence-corrected chi connectivity index (χ2v) is 4.33. The normalized spacial score (nSPS) is 10.0. The molecule has 1 aromatic rings. The minimum Gasteiger partial charge on any atom is -0.326 e. The number of halogens is 1. The van der Waals surface area contributed by atoms with Crippen LogP contribution < -0.4 is 5.32 Å². The lowest BCUT2D eigenvalue weighted by Crippen LogP contribution is -2.13. The maximum atomic E-state index is 11.5. The number of thioether (sulfide) groups is 1. The zero-order chi connectivity index (χ0) is 11.1. The lowest BCUT2D eigenvalue weighted by molar-refractivity contribution is -0.115. The first-order chi connectivity index (χ1) is 7.27. The first-order valence-electron chi connectivity index (χ1n) is 4.70. The average Bonchev–Trinajstić information content (AvgIpc) is 2.27. The Morgan fingerprint density at radius 2 is 2.20 bits per heavy atom. The van der Waals surface area contributed by atoms with Crippen molar-refractivity contribution in [3.8, 4) is 0 Å². The fourth-order valence-corrected chi connectivity index (χ4v) is 1.79. The van der Waals surface area contributed by atoms with E-state index in [0.29, 0.717) is 12.3 Å². The molecular formula is C11H14ClNOS. The van der Waals surface area contributed by atoms with E-state index in [9.17, 15) is 4.79 Å². The summed E-state index contributed by atoms with van der Waals surface area (Å²) in [4.78, 5) is 11.5. The molecule has 0 aliphatic carbocycles. The van der Waals surface area contributed by atoms with E-state index in [1.807, 2.05) is 30.5 Å². The fraction of sp³-hybridized carbons (Fsp3) is 0.364. The van der Waals surface area contributed by atoms with Gasteiger partial charge in [-0.15, -0.1) is 11.6 Å². The highest BCUT2D eigenvalue weighted by atomic mass is 35.5. The SMILES string of the molecule is CSCCC(=O)Nc1ccccc1CCl. The van der Waals surface area contributed by atoms with Gasteiger partial charge in [0.25, 0.3) is 0 Å². The molecule has 0 aliphatic heterocycles. The monoisotopic (exact) mass is 243 g/mol. The molecular weight excluding hydrogens is 230 g/mol. The molecule has 0 atom stereocenters. The van der Waals surface area contributed by atoms with Gasteiger partial charge in [-0.25, -0.2) is 0 Å². The number of hydrogen-bond acceptors (Lipinski definition) is 2. The van der Waals surface area contributed by atoms with Gasteiger partial charge in [-0.2, -0.15) is 11.8 Å². The third-order valence-corrected chi connectivity index (χ3v) is 2.87. The summed E-state index contributed by atoms with van der Waals surface area (Å²) in [6.07, 6.45) is 2.53. The predicted octanol–water partition coefficient (Wildman–Crippen LogP) is 3.12. The number of benzene rings is 1. The van der Waals surface area contributed by atoms with Crippen molar-refractivity contribution in [2.75, 3.05) is 17.3 Å². The van der Waals surface area contributed by atoms with Crippen LogP contribution in [-0.2, 0) is 10.7 Å². The van der Waals surface area contributed by atoms with Crippen molar-refractivity contribution in [2.45, 2.75) is 12.3 Å². The number of nitrogens with one attached hydrogen (secondary N) is 1. The first kappa shape index (κ1) is 12.4. The lowest BCUT2D eigenvalue weighted by atomic mass is 10.2. The van der Waals surface area contributed by atoms with E-state index < -0.39 is 0 Å². The van der Waals surface area contributed by atoms with Gasteiger partial charge in [-0.3, -0.25) is 4.79 Å². The van der Waals surface area contributed by atoms with Crippen molar-refractivity contribution in [2.24, 2.45) is 0 Å². The molecule has 2 nitrogen and oxygen atoms in total. The summed E-state index contributed by atoms with van der Waals surface area (Å²) in [5.41, 5.74) is 1.77. The second kappa shape index (κ2) is 6.75. The van der Waals surface area contributed by atoms with E-state index in [1.165, 1.54) is 0 Å². The number of rotatable bonds is 5. The van der Waals surface area contributed by atoms with Gasteiger partial charge in [0.15, 0.2) is 0 Å². The molecule has 1 N–H and O–H groups in total. The third-order valence-electron chi connectivity index (χ3n) is 1.97. The number of para-hydroxylation sites is 1. The van der Waals surface area contributed by atoms with Gasteiger partial charge >= 0.3 is 0 Å². The molecule has 0 bridgehead atoms. The van der Waals surface area contributed by atoms with E-state index in [4.69, 9.17) is 11.6 Å². The van der Waals surface area contributed by atoms with Crippen LogP contribution in [0.4, 0.5) is 5.69 Å². The lowest BCUT2D eigenvalue weighted by Gasteiger charge is -2.08. The highest BCUT2D eigenvalue weighted by Crippen LogP contribution is 2.17. The van der Waals surface area contributed by atoms with Gasteiger partial charge in [0.1, 0.15) is 0 Å². The Balaban J connectivity index is 2.59. The van der Waals surface area contributed by atoms with Crippen molar-refractivity contribution >= 4 is 35.0 Å². The number of carbonyl (C=O) groups is 1. The summed E-state index contributed by atoms with van der Waals surface area (Å²) in [6, 6.07) is 7.58. The Bertz CT molecular complexity index is 330. The largest absolute Gasteiger partial charge is 0.326 e. The van der Waals surface area contributed by atoms with Crippen LogP contribution in [0.25, 0.3) is 0 Å². The number of hydrogen-bond donors (Lipinski definition) is 1. The molecule has 0 aliphatic rings. The van der Waals surface area contributed by atoms with Crippen molar-refractivity contribution in [3.05, 3.63) is 29.8 Å². The maximum absolute atomic E-state index is 11.5. The minimum atomic E-state index is 0.0434. The standard InChI is InChI=1S/C11H14ClNOS/c1-15-7-6-11(14)13-10-5-3-2-4-9(10)8-12/h2-5H,6-8H2,1H3,(H,13,14). The van der Waals surface area contributed by atoms with E-state index in [1.54, 1.807) is 11.8 Å². The Morgan fingerprint density at radius 3 is 2.87 bits per heavy atom. The smallest absolute Gasteiger partial charge is 0.225 e. The van der Waals surface area contributed by atoms with Crippen molar-refractivity contribution in [1.29, 1.82) is 0 Å². The molecule has 4 heteroatoms. The molecule has 1 rings (SSSR count). The summed E-state index contributed by atoms with van der Waals surface area (Å²) < 4.78 is 0. The van der Waals surface area contributed by atoms with Crippen molar-refractivity contribution in [3.63, 3.8) is 0 Å². The van der Waals surface area contributed by atoms with Crippen LogP contribution in [0.15, 0.2) is 24.3 Å². The molecule has 0 saturated carbocycles. The van der Waals surface area contributed by atoms with Gasteiger partial charge < -0.3 is 5.32 Å². The van der Waals surface area contributed by atoms with E-state index in [-0.39, 0.29) is 5.91 Å². The Morgan fingerprint density at radius 1 is 1.47 bits per heavy atom. The summed E-state index contributed by atoms with van der Waals surface area (Å²) in [6.45, 7) is 0. The molecule has 0 heterocycles. The van der Waals surface area contributed by atoms with Gasteiger partial charge in [0.05, 0.1) is 0 Å². The minimum absolute atomic E-state index is 0.0434. The Hall–Kier alpha value is -0.670. The van der Waals surface area contributed by atoms with Crippen LogP contribution in [0, 0.1) is 0 Å². The van der Waals surface area contributed by atoms with Crippen LogP contribution in [-0.4, -0.2) is 17.9 Å². The number of alkyl halides is 1. The highest BCUT2D eigenvalue weighted by Gasteiger charge is 2.04. The molecule has 0 radical (unpaired) electrons. The molecule has 0 saturated heterocycles. The molecule has 0 aromatic heterocycles. The van der Waals surface area contributed by atoms with Gasteiger partial charge in [-0.1, -0.05) is 18.2 Å². The van der Waals surface area contributed by atoms with Crippen LogP contribution >= 0.6 is 23.4 Å². The van der Waals surface area contributed by atoms with Crippen LogP contribution in [0.5, 0.6) is 0 Å². The molecule has 1 aromatic carbocycles. The highest BCUT2D eigenvalue weighted by molar-refractivity contribution is 7.98. The number of carbonyl (C=O) groups excluding carboxylic acids is 1. The molecule has 0 unspecified atom stereocenters. The van der Waals surface area contributed by atoms with E-state index >= 15 is 0 Å². The Labute approximate surface area is 99.4 Å². The van der Waals surface area contributed by atoms with Crippen molar-refractivity contribution in [1.82, 2.24) is 0 Å². The van der Waals surface area contributed by atoms with Gasteiger partial charge in [0, 0.05) is 23.7 Å². The molecule has 0 spiro atoms. The summed E-state index contributed by atoms with van der Waals surface area (Å²) in [5, 5.41) is 2.86. The van der Waals surface area contributed by atoms with E-state index in [2.05, 4.69) is 5.32 Å². The molecule has 82 valence electrons. The quantitative estimate of drug-likeness (QED) is 0.806. The van der Waals surface area contributed by atoms with Crippen LogP contribution in [0.2, 0.25) is 0 Å². The maximum Gasteiger partial charge on any atom is 0.225 e. The van der Waals surface area contributed by atoms with Crippen molar-refractivity contribution < 1.29 is 4.79 Å². The van der Waals surface area contributed by atoms with Crippen LogP contribution in [0.1, 0.15) is 12.0 Å². The number of amides is 1. The molecule has 0 fully saturated rings. The molecule has 15 heavy (non-hydrogen) atoms. The Kier molecular flexibility index (Phi) is 5.58. The van der Waals surface area contributed by atoms with Gasteiger partial charge in [-0.05, 0) is 17.9 Å². The third kappa shape index (κ3) is 4.14. The zero-order valence-corrected chi connectivity index (χ0v) is 10.2. The zero-order valence-electron chi connectivity index (χ0n) is 8.63. The van der Waals surface area contributed by atoms with Gasteiger partial charge in [0.2, 0.25) is 5.91 Å². The molecule has 1 amide bonds. The summed E-state index contributed by atoms with van der Waals surface area (Å²) in [5.74, 6) is 1.30. The van der Waals surface area contributed by atoms with E-state index in [0.717, 1.165) is 17.0 Å². The second-order valence-electron chi connectivity index (χ2n) is 3.08. The topological polar surface area (TPSA) is 29.1 Å². The summed E-state index contributed by atoms with van der Waals surface area (Å²) >= 11 is 7.43. The fourth-order valence-electron chi connectivity index (χ4n) is 1.17. The summed E-state index contributed by atoms with van der Waals surface area (Å²) in [7, 11) is 0. The van der Waals surface area contributed by atoms with Crippen LogP contribution in [0.3, 0.4) is 0 Å². The first-order valence-corrected chi connectivity index (χ1v) is 6.63. The predicted molar refractivity (Wildman–Crippen MR) is 67.6 cm³/mol.